The Morgan fingerprint density at radius 1 is 1.44 bits per heavy atom. The molecule has 0 saturated carbocycles. The molecular weight excluding hydrogens is 281 g/mol. The van der Waals surface area contributed by atoms with Gasteiger partial charge >= 0.3 is 5.51 Å². The first-order valence-electron chi connectivity index (χ1n) is 5.15. The van der Waals surface area contributed by atoms with Crippen LogP contribution in [0.4, 0.5) is 18.9 Å². The molecule has 0 radical (unpaired) electrons. The predicted molar refractivity (Wildman–Crippen MR) is 74.1 cm³/mol. The normalized spacial score (nSPS) is 11.3. The molecule has 18 heavy (non-hydrogen) atoms. The van der Waals surface area contributed by atoms with Gasteiger partial charge in [-0.05, 0) is 30.3 Å². The van der Waals surface area contributed by atoms with Crippen molar-refractivity contribution in [1.82, 2.24) is 0 Å². The third kappa shape index (κ3) is 4.73. The molecule has 100 valence electrons. The number of halogens is 3. The van der Waals surface area contributed by atoms with Gasteiger partial charge in [0.1, 0.15) is 4.99 Å². The summed E-state index contributed by atoms with van der Waals surface area (Å²) in [5, 5.41) is 2.95. The van der Waals surface area contributed by atoms with Gasteiger partial charge < -0.3 is 11.1 Å². The minimum absolute atomic E-state index is 0.0537. The summed E-state index contributed by atoms with van der Waals surface area (Å²) in [5.74, 6) is -0.0609. The maximum atomic E-state index is 12.0. The Labute approximate surface area is 113 Å². The topological polar surface area (TPSA) is 38.0 Å². The van der Waals surface area contributed by atoms with E-state index in [4.69, 9.17) is 18.0 Å². The second-order valence-corrected chi connectivity index (χ2v) is 5.18. The number of hydrogen-bond acceptors (Lipinski definition) is 3. The van der Waals surface area contributed by atoms with Crippen LogP contribution in [0, 0.1) is 6.92 Å². The fraction of sp³-hybridized carbons (Fsp3) is 0.364. The quantitative estimate of drug-likeness (QED) is 0.645. The standard InChI is InChI=1S/C11H13F3N2S2/c1-7-3-2-4-8(10(15)17)9(7)16-5-6-18-11(12,13)14/h2-4,16H,5-6H2,1H3,(H2,15,17). The SMILES string of the molecule is Cc1cccc(C(N)=S)c1NCCSC(F)(F)F. The maximum Gasteiger partial charge on any atom is 0.441 e. The number of aryl methyl sites for hydroxylation is 1. The molecule has 1 aromatic carbocycles. The summed E-state index contributed by atoms with van der Waals surface area (Å²) >= 11 is 4.85. The molecule has 0 unspecified atom stereocenters. The molecule has 0 aliphatic rings. The second kappa shape index (κ2) is 6.29. The zero-order valence-electron chi connectivity index (χ0n) is 9.67. The Morgan fingerprint density at radius 2 is 2.11 bits per heavy atom. The number of hydrogen-bond donors (Lipinski definition) is 2. The maximum absolute atomic E-state index is 12.0. The number of rotatable bonds is 5. The van der Waals surface area contributed by atoms with Gasteiger partial charge in [0.05, 0.1) is 0 Å². The van der Waals surface area contributed by atoms with Gasteiger partial charge in [0.15, 0.2) is 0 Å². The number of nitrogens with two attached hydrogens (primary N) is 1. The smallest absolute Gasteiger partial charge is 0.389 e. The Morgan fingerprint density at radius 3 is 2.67 bits per heavy atom. The van der Waals surface area contributed by atoms with Crippen LogP contribution in [0.25, 0.3) is 0 Å². The molecule has 7 heteroatoms. The summed E-state index contributed by atoms with van der Waals surface area (Å²) in [5.41, 5.74) is 3.62. The monoisotopic (exact) mass is 294 g/mol. The van der Waals surface area contributed by atoms with Crippen molar-refractivity contribution in [1.29, 1.82) is 0 Å². The van der Waals surface area contributed by atoms with Crippen molar-refractivity contribution < 1.29 is 13.2 Å². The minimum atomic E-state index is -4.20. The Hall–Kier alpha value is -0.950. The number of thiocarbonyl (C=S) groups is 1. The Bertz CT molecular complexity index is 433. The number of para-hydroxylation sites is 1. The van der Waals surface area contributed by atoms with Gasteiger partial charge in [-0.1, -0.05) is 24.4 Å². The van der Waals surface area contributed by atoms with E-state index in [0.717, 1.165) is 5.56 Å². The highest BCUT2D eigenvalue weighted by Gasteiger charge is 2.27. The third-order valence-corrected chi connectivity index (χ3v) is 3.16. The van der Waals surface area contributed by atoms with E-state index in [1.54, 1.807) is 12.1 Å². The van der Waals surface area contributed by atoms with E-state index in [0.29, 0.717) is 11.3 Å². The Kier molecular flexibility index (Phi) is 5.28. The zero-order chi connectivity index (χ0) is 13.8. The highest BCUT2D eigenvalue weighted by Crippen LogP contribution is 2.30. The third-order valence-electron chi connectivity index (χ3n) is 2.21. The fourth-order valence-corrected chi connectivity index (χ4v) is 2.06. The summed E-state index contributed by atoms with van der Waals surface area (Å²) in [7, 11) is 0. The average molecular weight is 294 g/mol. The van der Waals surface area contributed by atoms with Crippen LogP contribution in [-0.4, -0.2) is 22.8 Å². The van der Waals surface area contributed by atoms with Crippen LogP contribution in [0.15, 0.2) is 18.2 Å². The first kappa shape index (κ1) is 15.1. The van der Waals surface area contributed by atoms with Crippen molar-refractivity contribution in [3.63, 3.8) is 0 Å². The highest BCUT2D eigenvalue weighted by molar-refractivity contribution is 8.00. The number of alkyl halides is 3. The van der Waals surface area contributed by atoms with Gasteiger partial charge in [-0.15, -0.1) is 0 Å². The van der Waals surface area contributed by atoms with Crippen LogP contribution >= 0.6 is 24.0 Å². The van der Waals surface area contributed by atoms with Gasteiger partial charge in [-0.25, -0.2) is 0 Å². The van der Waals surface area contributed by atoms with E-state index < -0.39 is 5.51 Å². The molecule has 0 saturated heterocycles. The first-order valence-corrected chi connectivity index (χ1v) is 6.54. The molecule has 3 N–H and O–H groups in total. The molecule has 0 heterocycles. The fourth-order valence-electron chi connectivity index (χ4n) is 1.45. The number of benzene rings is 1. The van der Waals surface area contributed by atoms with Gasteiger partial charge in [0.25, 0.3) is 0 Å². The van der Waals surface area contributed by atoms with Gasteiger partial charge in [0.2, 0.25) is 0 Å². The van der Waals surface area contributed by atoms with Crippen LogP contribution in [0.5, 0.6) is 0 Å². The van der Waals surface area contributed by atoms with Crippen molar-refractivity contribution >= 4 is 34.7 Å². The lowest BCUT2D eigenvalue weighted by molar-refractivity contribution is -0.0327. The van der Waals surface area contributed by atoms with E-state index in [1.165, 1.54) is 0 Å². The van der Waals surface area contributed by atoms with Crippen LogP contribution in [-0.2, 0) is 0 Å². The number of nitrogens with one attached hydrogen (secondary N) is 1. The lowest BCUT2D eigenvalue weighted by Crippen LogP contribution is -2.16. The molecule has 0 amide bonds. The van der Waals surface area contributed by atoms with E-state index in [2.05, 4.69) is 5.32 Å². The first-order chi connectivity index (χ1) is 8.31. The lowest BCUT2D eigenvalue weighted by Gasteiger charge is -2.14. The molecule has 0 aliphatic heterocycles. The molecule has 2 nitrogen and oxygen atoms in total. The second-order valence-electron chi connectivity index (χ2n) is 3.58. The highest BCUT2D eigenvalue weighted by atomic mass is 32.2. The zero-order valence-corrected chi connectivity index (χ0v) is 11.3. The van der Waals surface area contributed by atoms with Gasteiger partial charge in [0, 0.05) is 23.5 Å². The van der Waals surface area contributed by atoms with Gasteiger partial charge in [-0.2, -0.15) is 13.2 Å². The average Bonchev–Trinajstić information content (AvgIpc) is 2.24. The number of thioether (sulfide) groups is 1. The molecule has 0 spiro atoms. The molecule has 0 fully saturated rings. The summed E-state index contributed by atoms with van der Waals surface area (Å²) in [6, 6.07) is 5.40. The molecule has 1 rings (SSSR count). The number of anilines is 1. The molecular formula is C11H13F3N2S2. The van der Waals surface area contributed by atoms with Gasteiger partial charge in [-0.3, -0.25) is 0 Å². The lowest BCUT2D eigenvalue weighted by atomic mass is 10.1. The predicted octanol–water partition coefficient (Wildman–Crippen LogP) is 3.29. The largest absolute Gasteiger partial charge is 0.441 e. The summed E-state index contributed by atoms with van der Waals surface area (Å²) in [6.45, 7) is 2.05. The van der Waals surface area contributed by atoms with Crippen molar-refractivity contribution in [3.8, 4) is 0 Å². The summed E-state index contributed by atoms with van der Waals surface area (Å²) < 4.78 is 35.9. The van der Waals surface area contributed by atoms with E-state index >= 15 is 0 Å². The van der Waals surface area contributed by atoms with Crippen LogP contribution < -0.4 is 11.1 Å². The van der Waals surface area contributed by atoms with Crippen LogP contribution in [0.3, 0.4) is 0 Å². The van der Waals surface area contributed by atoms with Crippen molar-refractivity contribution in [3.05, 3.63) is 29.3 Å². The van der Waals surface area contributed by atoms with Crippen LogP contribution in [0.2, 0.25) is 0 Å². The molecule has 0 bridgehead atoms. The molecule has 1 aromatic rings. The molecule has 0 atom stereocenters. The molecule has 0 aliphatic carbocycles. The molecule has 0 aromatic heterocycles. The van der Waals surface area contributed by atoms with Crippen LogP contribution in [0.1, 0.15) is 11.1 Å². The Balaban J connectivity index is 2.64. The van der Waals surface area contributed by atoms with E-state index in [9.17, 15) is 13.2 Å². The minimum Gasteiger partial charge on any atom is -0.389 e. The summed E-state index contributed by atoms with van der Waals surface area (Å²) in [6.07, 6.45) is 0. The van der Waals surface area contributed by atoms with E-state index in [-0.39, 0.29) is 29.0 Å². The van der Waals surface area contributed by atoms with Crippen molar-refractivity contribution in [2.75, 3.05) is 17.6 Å². The van der Waals surface area contributed by atoms with E-state index in [1.807, 2.05) is 13.0 Å². The van der Waals surface area contributed by atoms with Crippen molar-refractivity contribution in [2.24, 2.45) is 5.73 Å². The van der Waals surface area contributed by atoms with Crippen molar-refractivity contribution in [2.45, 2.75) is 12.4 Å². The summed E-state index contributed by atoms with van der Waals surface area (Å²) in [4.78, 5) is 0.227.